The quantitative estimate of drug-likeness (QED) is 0.726. The van der Waals surface area contributed by atoms with E-state index in [4.69, 9.17) is 5.11 Å². The van der Waals surface area contributed by atoms with E-state index in [1.54, 1.807) is 0 Å². The Morgan fingerprint density at radius 1 is 1.17 bits per heavy atom. The Bertz CT molecular complexity index is 223. The van der Waals surface area contributed by atoms with E-state index in [1.807, 2.05) is 6.92 Å². The average molecular weight is 164 g/mol. The molecule has 0 unspecified atom stereocenters. The van der Waals surface area contributed by atoms with Crippen LogP contribution in [0, 0.1) is 0 Å². The minimum atomic E-state index is -0.238. The van der Waals surface area contributed by atoms with Crippen LogP contribution in [0.3, 0.4) is 0 Å². The Morgan fingerprint density at radius 2 is 1.67 bits per heavy atom. The summed E-state index contributed by atoms with van der Waals surface area (Å²) < 4.78 is 0. The topological polar surface area (TPSA) is 20.2 Å². The Balaban J connectivity index is 2.65. The maximum Gasteiger partial charge on any atom is 0.0552 e. The second-order valence-electron chi connectivity index (χ2n) is 3.22. The molecule has 0 saturated heterocycles. The van der Waals surface area contributed by atoms with Gasteiger partial charge in [0.05, 0.1) is 6.10 Å². The van der Waals surface area contributed by atoms with Crippen LogP contribution in [0.5, 0.6) is 0 Å². The van der Waals surface area contributed by atoms with Crippen molar-refractivity contribution in [3.8, 4) is 0 Å². The van der Waals surface area contributed by atoms with Crippen LogP contribution in [0.1, 0.15) is 25.0 Å². The third-order valence-corrected chi connectivity index (χ3v) is 1.96. The van der Waals surface area contributed by atoms with E-state index in [0.717, 1.165) is 12.8 Å². The van der Waals surface area contributed by atoms with Crippen LogP contribution in [0.2, 0.25) is 0 Å². The summed E-state index contributed by atoms with van der Waals surface area (Å²) in [5, 5.41) is 9.13. The molecule has 1 heteroatoms. The minimum Gasteiger partial charge on any atom is -0.393 e. The molecule has 1 rings (SSSR count). The first-order chi connectivity index (χ1) is 5.72. The molecular formula is C11H16O. The van der Waals surface area contributed by atoms with Crippen molar-refractivity contribution in [1.82, 2.24) is 0 Å². The third kappa shape index (κ3) is 2.67. The van der Waals surface area contributed by atoms with Crippen LogP contribution in [0.15, 0.2) is 24.3 Å². The Hall–Kier alpha value is -0.820. The number of benzene rings is 1. The fourth-order valence-corrected chi connectivity index (χ4v) is 1.25. The first kappa shape index (κ1) is 9.27. The summed E-state index contributed by atoms with van der Waals surface area (Å²) in [5.74, 6) is 0. The van der Waals surface area contributed by atoms with Crippen LogP contribution in [0.4, 0.5) is 0 Å². The molecule has 0 spiro atoms. The Morgan fingerprint density at radius 3 is 2.08 bits per heavy atom. The lowest BCUT2D eigenvalue weighted by Gasteiger charge is -2.04. The Kier molecular flexibility index (Phi) is 3.30. The largest absolute Gasteiger partial charge is 0.393 e. The fourth-order valence-electron chi connectivity index (χ4n) is 1.25. The molecule has 66 valence electrons. The monoisotopic (exact) mass is 164 g/mol. The molecule has 1 atom stereocenters. The summed E-state index contributed by atoms with van der Waals surface area (Å²) in [4.78, 5) is 0. The molecule has 0 fully saturated rings. The molecule has 0 aliphatic heterocycles. The van der Waals surface area contributed by atoms with Gasteiger partial charge in [0, 0.05) is 0 Å². The van der Waals surface area contributed by atoms with Gasteiger partial charge in [0.1, 0.15) is 0 Å². The summed E-state index contributed by atoms with van der Waals surface area (Å²) in [7, 11) is 0. The second kappa shape index (κ2) is 4.27. The standard InChI is InChI=1S/C11H16O/c1-3-10-4-6-11(7-5-10)8-9(2)12/h4-7,9,12H,3,8H2,1-2H3/t9-/m0/s1. The normalized spacial score (nSPS) is 12.9. The van der Waals surface area contributed by atoms with Crippen LogP contribution in [-0.2, 0) is 12.8 Å². The molecule has 0 aliphatic rings. The highest BCUT2D eigenvalue weighted by Gasteiger charge is 1.97. The molecular weight excluding hydrogens is 148 g/mol. The van der Waals surface area contributed by atoms with Gasteiger partial charge in [-0.1, -0.05) is 31.2 Å². The molecule has 0 heterocycles. The highest BCUT2D eigenvalue weighted by atomic mass is 16.3. The lowest BCUT2D eigenvalue weighted by Crippen LogP contribution is -2.03. The molecule has 0 saturated carbocycles. The highest BCUT2D eigenvalue weighted by Crippen LogP contribution is 2.06. The van der Waals surface area contributed by atoms with Gasteiger partial charge in [-0.3, -0.25) is 0 Å². The lowest BCUT2D eigenvalue weighted by molar-refractivity contribution is 0.195. The maximum absolute atomic E-state index is 9.13. The van der Waals surface area contributed by atoms with Crippen molar-refractivity contribution >= 4 is 0 Å². The summed E-state index contributed by atoms with van der Waals surface area (Å²) in [6.07, 6.45) is 1.59. The molecule has 1 nitrogen and oxygen atoms in total. The molecule has 0 amide bonds. The van der Waals surface area contributed by atoms with Gasteiger partial charge in [-0.05, 0) is 30.9 Å². The molecule has 1 N–H and O–H groups in total. The van der Waals surface area contributed by atoms with Crippen molar-refractivity contribution in [1.29, 1.82) is 0 Å². The van der Waals surface area contributed by atoms with Crippen LogP contribution in [-0.4, -0.2) is 11.2 Å². The minimum absolute atomic E-state index is 0.238. The van der Waals surface area contributed by atoms with E-state index in [0.29, 0.717) is 0 Å². The molecule has 1 aromatic carbocycles. The number of aliphatic hydroxyl groups is 1. The van der Waals surface area contributed by atoms with E-state index in [1.165, 1.54) is 11.1 Å². The SMILES string of the molecule is CCc1ccc(C[C@H](C)O)cc1. The van der Waals surface area contributed by atoms with Crippen molar-refractivity contribution < 1.29 is 5.11 Å². The summed E-state index contributed by atoms with van der Waals surface area (Å²) in [5.41, 5.74) is 2.56. The van der Waals surface area contributed by atoms with Crippen molar-refractivity contribution in [2.24, 2.45) is 0 Å². The van der Waals surface area contributed by atoms with Gasteiger partial charge in [-0.15, -0.1) is 0 Å². The number of rotatable bonds is 3. The molecule has 0 aliphatic carbocycles. The first-order valence-electron chi connectivity index (χ1n) is 4.48. The average Bonchev–Trinajstić information content (AvgIpc) is 2.05. The van der Waals surface area contributed by atoms with Crippen molar-refractivity contribution in [2.45, 2.75) is 32.8 Å². The van der Waals surface area contributed by atoms with Gasteiger partial charge >= 0.3 is 0 Å². The third-order valence-electron chi connectivity index (χ3n) is 1.96. The molecule has 1 aromatic rings. The van der Waals surface area contributed by atoms with Gasteiger partial charge in [0.25, 0.3) is 0 Å². The van der Waals surface area contributed by atoms with Crippen LogP contribution in [0.25, 0.3) is 0 Å². The molecule has 0 aromatic heterocycles. The molecule has 0 bridgehead atoms. The number of hydrogen-bond acceptors (Lipinski definition) is 1. The number of hydrogen-bond donors (Lipinski definition) is 1. The van der Waals surface area contributed by atoms with E-state index in [9.17, 15) is 0 Å². The van der Waals surface area contributed by atoms with E-state index < -0.39 is 0 Å². The van der Waals surface area contributed by atoms with Crippen molar-refractivity contribution in [3.63, 3.8) is 0 Å². The maximum atomic E-state index is 9.13. The smallest absolute Gasteiger partial charge is 0.0552 e. The van der Waals surface area contributed by atoms with Crippen LogP contribution < -0.4 is 0 Å². The lowest BCUT2D eigenvalue weighted by atomic mass is 10.1. The number of aliphatic hydroxyl groups excluding tert-OH is 1. The fraction of sp³-hybridized carbons (Fsp3) is 0.455. The molecule has 0 radical (unpaired) electrons. The number of aryl methyl sites for hydroxylation is 1. The van der Waals surface area contributed by atoms with E-state index in [-0.39, 0.29) is 6.10 Å². The van der Waals surface area contributed by atoms with Gasteiger partial charge in [0.2, 0.25) is 0 Å². The summed E-state index contributed by atoms with van der Waals surface area (Å²) >= 11 is 0. The zero-order valence-electron chi connectivity index (χ0n) is 7.75. The molecule has 12 heavy (non-hydrogen) atoms. The Labute approximate surface area is 74.1 Å². The van der Waals surface area contributed by atoms with E-state index >= 15 is 0 Å². The van der Waals surface area contributed by atoms with Crippen molar-refractivity contribution in [3.05, 3.63) is 35.4 Å². The van der Waals surface area contributed by atoms with Gasteiger partial charge in [-0.25, -0.2) is 0 Å². The predicted molar refractivity (Wildman–Crippen MR) is 51.2 cm³/mol. The second-order valence-corrected chi connectivity index (χ2v) is 3.22. The predicted octanol–water partition coefficient (Wildman–Crippen LogP) is 2.17. The van der Waals surface area contributed by atoms with E-state index in [2.05, 4.69) is 31.2 Å². The van der Waals surface area contributed by atoms with Gasteiger partial charge in [-0.2, -0.15) is 0 Å². The van der Waals surface area contributed by atoms with Crippen molar-refractivity contribution in [2.75, 3.05) is 0 Å². The first-order valence-corrected chi connectivity index (χ1v) is 4.48. The van der Waals surface area contributed by atoms with Crippen LogP contribution >= 0.6 is 0 Å². The summed E-state index contributed by atoms with van der Waals surface area (Å²) in [6.45, 7) is 3.96. The van der Waals surface area contributed by atoms with Gasteiger partial charge < -0.3 is 5.11 Å². The summed E-state index contributed by atoms with van der Waals surface area (Å²) in [6, 6.07) is 8.42. The zero-order valence-corrected chi connectivity index (χ0v) is 7.75. The van der Waals surface area contributed by atoms with Gasteiger partial charge in [0.15, 0.2) is 0 Å². The zero-order chi connectivity index (χ0) is 8.97. The highest BCUT2D eigenvalue weighted by molar-refractivity contribution is 5.22.